The van der Waals surface area contributed by atoms with Gasteiger partial charge in [0.1, 0.15) is 11.6 Å². The van der Waals surface area contributed by atoms with Crippen molar-refractivity contribution in [3.05, 3.63) is 35.4 Å². The van der Waals surface area contributed by atoms with Gasteiger partial charge in [0.25, 0.3) is 0 Å². The van der Waals surface area contributed by atoms with Gasteiger partial charge in [-0.2, -0.15) is 0 Å². The Morgan fingerprint density at radius 1 is 1.35 bits per heavy atom. The fourth-order valence-electron chi connectivity index (χ4n) is 2.02. The Hall–Kier alpha value is -1.33. The van der Waals surface area contributed by atoms with E-state index >= 15 is 0 Å². The van der Waals surface area contributed by atoms with Crippen LogP contribution in [0, 0.1) is 11.6 Å². The lowest BCUT2D eigenvalue weighted by molar-refractivity contribution is 0.0944. The Morgan fingerprint density at radius 2 is 2.00 bits per heavy atom. The predicted molar refractivity (Wildman–Crippen MR) is 59.7 cm³/mol. The molecule has 1 fully saturated rings. The van der Waals surface area contributed by atoms with E-state index in [0.29, 0.717) is 6.54 Å². The summed E-state index contributed by atoms with van der Waals surface area (Å²) in [4.78, 5) is 13.7. The van der Waals surface area contributed by atoms with Crippen LogP contribution in [-0.4, -0.2) is 36.4 Å². The first kappa shape index (κ1) is 12.1. The van der Waals surface area contributed by atoms with Gasteiger partial charge in [0, 0.05) is 30.8 Å². The summed E-state index contributed by atoms with van der Waals surface area (Å²) in [6.45, 7) is 1.57. The Labute approximate surface area is 98.2 Å². The molecule has 3 nitrogen and oxygen atoms in total. The molecule has 1 aliphatic heterocycles. The highest BCUT2D eigenvalue weighted by molar-refractivity contribution is 5.97. The lowest BCUT2D eigenvalue weighted by atomic mass is 10.1. The quantitative estimate of drug-likeness (QED) is 0.807. The monoisotopic (exact) mass is 240 g/mol. The van der Waals surface area contributed by atoms with Crippen molar-refractivity contribution in [3.8, 4) is 0 Å². The van der Waals surface area contributed by atoms with Gasteiger partial charge >= 0.3 is 0 Å². The van der Waals surface area contributed by atoms with Gasteiger partial charge in [-0.3, -0.25) is 9.69 Å². The molecule has 0 aliphatic carbocycles. The van der Waals surface area contributed by atoms with E-state index in [1.807, 2.05) is 4.90 Å². The van der Waals surface area contributed by atoms with Crippen molar-refractivity contribution in [2.45, 2.75) is 12.5 Å². The molecule has 2 N–H and O–H groups in total. The van der Waals surface area contributed by atoms with E-state index in [9.17, 15) is 13.6 Å². The standard InChI is InChI=1S/C12H14F2N2O/c13-9-3-8(4-10(14)5-9)12(17)7-16-2-1-11(15)6-16/h3-5,11H,1-2,6-7,15H2. The van der Waals surface area contributed by atoms with Crippen molar-refractivity contribution < 1.29 is 13.6 Å². The molecule has 1 saturated heterocycles. The fourth-order valence-corrected chi connectivity index (χ4v) is 2.02. The molecule has 1 aliphatic rings. The maximum Gasteiger partial charge on any atom is 0.177 e. The molecule has 0 amide bonds. The van der Waals surface area contributed by atoms with Crippen molar-refractivity contribution in [1.29, 1.82) is 0 Å². The highest BCUT2D eigenvalue weighted by Gasteiger charge is 2.21. The molecule has 1 aromatic carbocycles. The first-order valence-electron chi connectivity index (χ1n) is 5.52. The minimum Gasteiger partial charge on any atom is -0.326 e. The zero-order chi connectivity index (χ0) is 12.4. The van der Waals surface area contributed by atoms with Crippen LogP contribution in [-0.2, 0) is 0 Å². The van der Waals surface area contributed by atoms with Gasteiger partial charge in [-0.25, -0.2) is 8.78 Å². The summed E-state index contributed by atoms with van der Waals surface area (Å²) in [5, 5.41) is 0. The summed E-state index contributed by atoms with van der Waals surface area (Å²) in [5.41, 5.74) is 5.79. The van der Waals surface area contributed by atoms with Crippen molar-refractivity contribution in [3.63, 3.8) is 0 Å². The fraction of sp³-hybridized carbons (Fsp3) is 0.417. The number of likely N-dealkylation sites (tertiary alicyclic amines) is 1. The molecule has 92 valence electrons. The van der Waals surface area contributed by atoms with Crippen LogP contribution >= 0.6 is 0 Å². The summed E-state index contributed by atoms with van der Waals surface area (Å²) >= 11 is 0. The highest BCUT2D eigenvalue weighted by atomic mass is 19.1. The summed E-state index contributed by atoms with van der Waals surface area (Å²) in [7, 11) is 0. The van der Waals surface area contributed by atoms with Crippen LogP contribution in [0.15, 0.2) is 18.2 Å². The number of hydrogen-bond acceptors (Lipinski definition) is 3. The minimum absolute atomic E-state index is 0.0722. The first-order chi connectivity index (χ1) is 8.04. The number of nitrogens with zero attached hydrogens (tertiary/aromatic N) is 1. The molecule has 1 aromatic rings. The van der Waals surface area contributed by atoms with E-state index in [4.69, 9.17) is 5.73 Å². The van der Waals surface area contributed by atoms with Gasteiger partial charge < -0.3 is 5.73 Å². The predicted octanol–water partition coefficient (Wildman–Crippen LogP) is 1.18. The van der Waals surface area contributed by atoms with Crippen molar-refractivity contribution >= 4 is 5.78 Å². The van der Waals surface area contributed by atoms with Gasteiger partial charge in [-0.1, -0.05) is 0 Å². The van der Waals surface area contributed by atoms with Gasteiger partial charge in [0.15, 0.2) is 5.78 Å². The summed E-state index contributed by atoms with van der Waals surface area (Å²) in [5.74, 6) is -1.74. The molecule has 0 radical (unpaired) electrons. The molecule has 0 aromatic heterocycles. The maximum absolute atomic E-state index is 12.9. The Kier molecular flexibility index (Phi) is 3.49. The molecule has 5 heteroatoms. The average Bonchev–Trinajstić information content (AvgIpc) is 2.62. The van der Waals surface area contributed by atoms with E-state index in [2.05, 4.69) is 0 Å². The van der Waals surface area contributed by atoms with Crippen LogP contribution in [0.5, 0.6) is 0 Å². The maximum atomic E-state index is 12.9. The molecular weight excluding hydrogens is 226 g/mol. The van der Waals surface area contributed by atoms with Crippen LogP contribution in [0.3, 0.4) is 0 Å². The van der Waals surface area contributed by atoms with E-state index in [1.165, 1.54) is 0 Å². The van der Waals surface area contributed by atoms with Crippen LogP contribution in [0.25, 0.3) is 0 Å². The number of carbonyl (C=O) groups excluding carboxylic acids is 1. The summed E-state index contributed by atoms with van der Waals surface area (Å²) in [6, 6.07) is 2.96. The van der Waals surface area contributed by atoms with E-state index < -0.39 is 11.6 Å². The molecule has 2 rings (SSSR count). The van der Waals surface area contributed by atoms with Gasteiger partial charge in [-0.05, 0) is 18.6 Å². The van der Waals surface area contributed by atoms with Crippen LogP contribution in [0.4, 0.5) is 8.78 Å². The second-order valence-corrected chi connectivity index (χ2v) is 4.37. The van der Waals surface area contributed by atoms with E-state index in [0.717, 1.165) is 31.2 Å². The molecule has 0 saturated carbocycles. The molecule has 0 spiro atoms. The Morgan fingerprint density at radius 3 is 2.53 bits per heavy atom. The van der Waals surface area contributed by atoms with Crippen LogP contribution < -0.4 is 5.73 Å². The average molecular weight is 240 g/mol. The van der Waals surface area contributed by atoms with Crippen LogP contribution in [0.1, 0.15) is 16.8 Å². The number of Topliss-reactive ketones (excluding diaryl/α,β-unsaturated/α-hetero) is 1. The molecule has 17 heavy (non-hydrogen) atoms. The lowest BCUT2D eigenvalue weighted by Crippen LogP contribution is -2.31. The smallest absolute Gasteiger partial charge is 0.177 e. The van der Waals surface area contributed by atoms with E-state index in [-0.39, 0.29) is 23.9 Å². The zero-order valence-electron chi connectivity index (χ0n) is 9.33. The first-order valence-corrected chi connectivity index (χ1v) is 5.52. The number of halogens is 2. The van der Waals surface area contributed by atoms with E-state index in [1.54, 1.807) is 0 Å². The number of hydrogen-bond donors (Lipinski definition) is 1. The topological polar surface area (TPSA) is 46.3 Å². The van der Waals surface area contributed by atoms with Crippen molar-refractivity contribution in [2.75, 3.05) is 19.6 Å². The third-order valence-electron chi connectivity index (χ3n) is 2.86. The minimum atomic E-state index is -0.730. The highest BCUT2D eigenvalue weighted by Crippen LogP contribution is 2.12. The molecule has 1 unspecified atom stereocenters. The second kappa shape index (κ2) is 4.89. The van der Waals surface area contributed by atoms with Crippen molar-refractivity contribution in [2.24, 2.45) is 5.73 Å². The Balaban J connectivity index is 2.04. The van der Waals surface area contributed by atoms with Crippen LogP contribution in [0.2, 0.25) is 0 Å². The SMILES string of the molecule is NC1CCN(CC(=O)c2cc(F)cc(F)c2)C1. The third-order valence-corrected chi connectivity index (χ3v) is 2.86. The molecule has 0 bridgehead atoms. The molecule has 1 atom stereocenters. The number of ketones is 1. The summed E-state index contributed by atoms with van der Waals surface area (Å²) < 4.78 is 25.9. The number of carbonyl (C=O) groups is 1. The largest absolute Gasteiger partial charge is 0.326 e. The van der Waals surface area contributed by atoms with Gasteiger partial charge in [-0.15, -0.1) is 0 Å². The van der Waals surface area contributed by atoms with Gasteiger partial charge in [0.05, 0.1) is 6.54 Å². The number of benzene rings is 1. The summed E-state index contributed by atoms with van der Waals surface area (Å²) in [6.07, 6.45) is 0.852. The number of nitrogens with two attached hydrogens (primary N) is 1. The van der Waals surface area contributed by atoms with Gasteiger partial charge in [0.2, 0.25) is 0 Å². The lowest BCUT2D eigenvalue weighted by Gasteiger charge is -2.13. The third kappa shape index (κ3) is 3.08. The zero-order valence-corrected chi connectivity index (χ0v) is 9.33. The molecule has 1 heterocycles. The Bertz CT molecular complexity index is 416. The van der Waals surface area contributed by atoms with Crippen molar-refractivity contribution in [1.82, 2.24) is 4.90 Å². The normalized spacial score (nSPS) is 20.8. The number of rotatable bonds is 3. The molecular formula is C12H14F2N2O. The second-order valence-electron chi connectivity index (χ2n) is 4.37.